The quantitative estimate of drug-likeness (QED) is 0.0164. The van der Waals surface area contributed by atoms with Gasteiger partial charge in [-0.05, 0) is 118 Å². The lowest BCUT2D eigenvalue weighted by Crippen LogP contribution is -2.55. The molecule has 57 nitrogen and oxygen atoms in total. The number of fused-ring (bicyclic) bond motifs is 4. The number of carbonyl (C=O) groups is 18. The minimum Gasteiger partial charge on any atom is -0.480 e. The average molecular weight is 2050 g/mol. The molecule has 0 radical (unpaired) electrons. The number of H-pyrrole nitrogens is 4. The molecule has 8 heterocycles. The van der Waals surface area contributed by atoms with Gasteiger partial charge in [0.1, 0.15) is 36.3 Å². The van der Waals surface area contributed by atoms with Crippen molar-refractivity contribution in [3.05, 3.63) is 169 Å². The Kier molecular flexibility index (Phi) is 39.3. The van der Waals surface area contributed by atoms with Crippen LogP contribution in [0, 0.1) is 0 Å². The van der Waals surface area contributed by atoms with Crippen LogP contribution in [-0.2, 0) is 93.3 Å². The highest BCUT2D eigenvalue weighted by molar-refractivity contribution is 6.03. The number of aromatic nitrogens is 16. The predicted molar refractivity (Wildman–Crippen MR) is 525 cm³/mol. The van der Waals surface area contributed by atoms with E-state index in [9.17, 15) is 107 Å². The van der Waals surface area contributed by atoms with E-state index in [1.165, 1.54) is 36.4 Å². The summed E-state index contributed by atoms with van der Waals surface area (Å²) in [5.74, 6) is -18.0. The lowest BCUT2D eigenvalue weighted by atomic mass is 10.1. The minimum atomic E-state index is -1.85. The number of nitrogens with two attached hydrogens (primary N) is 1. The molecule has 0 saturated carbocycles. The summed E-state index contributed by atoms with van der Waals surface area (Å²) in [6.45, 7) is -2.12. The van der Waals surface area contributed by atoms with Crippen molar-refractivity contribution in [1.29, 1.82) is 0 Å². The van der Waals surface area contributed by atoms with Gasteiger partial charge in [-0.2, -0.15) is 20.4 Å². The molecule has 4 aromatic carbocycles. The molecular formula is C91H111N35O22. The van der Waals surface area contributed by atoms with Crippen LogP contribution in [0.5, 0.6) is 0 Å². The molecule has 0 aliphatic carbocycles. The normalized spacial score (nSPS) is 12.5. The molecule has 12 aromatic rings. The fourth-order valence-electron chi connectivity index (χ4n) is 15.0. The van der Waals surface area contributed by atoms with Crippen LogP contribution in [0.25, 0.3) is 43.6 Å². The molecule has 14 amide bonds. The second kappa shape index (κ2) is 53.9. The highest BCUT2D eigenvalue weighted by atomic mass is 16.4. The van der Waals surface area contributed by atoms with Crippen LogP contribution in [0.15, 0.2) is 147 Å². The molecule has 0 saturated heterocycles. The molecule has 28 N–H and O–H groups in total. The Bertz CT molecular complexity index is 6680. The number of imidazole rings is 4. The summed E-state index contributed by atoms with van der Waals surface area (Å²) in [6, 6.07) is 6.19. The number of aromatic amines is 4. The number of nitrogens with zero attached hydrogens (tertiary/aromatic N) is 12. The first-order valence-corrected chi connectivity index (χ1v) is 46.7. The number of carboxylic acids is 4. The summed E-state index contributed by atoms with van der Waals surface area (Å²) in [5.41, 5.74) is 9.59. The molecule has 3 unspecified atom stereocenters. The van der Waals surface area contributed by atoms with E-state index in [0.717, 1.165) is 0 Å². The molecule has 0 bridgehead atoms. The summed E-state index contributed by atoms with van der Waals surface area (Å²) in [5, 5.41) is 105. The molecule has 57 heteroatoms. The maximum Gasteiger partial charge on any atom is 0.328 e. The van der Waals surface area contributed by atoms with Gasteiger partial charge in [0, 0.05) is 191 Å². The van der Waals surface area contributed by atoms with Crippen molar-refractivity contribution in [1.82, 2.24) is 153 Å². The van der Waals surface area contributed by atoms with Crippen molar-refractivity contribution in [2.45, 2.75) is 133 Å². The van der Waals surface area contributed by atoms with Crippen LogP contribution in [0.3, 0.4) is 0 Å². The molecule has 0 aliphatic rings. The van der Waals surface area contributed by atoms with E-state index >= 15 is 0 Å². The summed E-state index contributed by atoms with van der Waals surface area (Å²) < 4.78 is 6.94. The van der Waals surface area contributed by atoms with Gasteiger partial charge in [-0.1, -0.05) is 0 Å². The highest BCUT2D eigenvalue weighted by Gasteiger charge is 2.32. The van der Waals surface area contributed by atoms with E-state index in [2.05, 4.69) is 156 Å². The van der Waals surface area contributed by atoms with Crippen molar-refractivity contribution in [2.75, 3.05) is 99.8 Å². The first kappa shape index (κ1) is 108. The van der Waals surface area contributed by atoms with Gasteiger partial charge in [0.25, 0.3) is 23.6 Å². The Morgan fingerprint density at radius 3 is 0.818 bits per heavy atom. The SMILES string of the molecule is NC(CCC(=O)NC(CCC(=O)NCC(=O)N[C@@H](CNC(=O)c1ccc2c(cnn2CCCNc2ncc[nH]2)c1)C(=O)O)C(=O)NCC(=O)N[C@@H](CNC(=O)c1ccc2c(cnn2CCCNc2ncc[nH]2)c1)C(=O)O)C(=O)NC(CCC(=O)NCC(=O)N[C@@H](CNC(=O)c1ccc2c(cnn2CCCNc2ncc[nH]2)c1)C(=O)O)C(=O)NCC(=O)N[C@@H](CNC(=O)c1ccc2c(cnn2CCCNc2ncc[nH]2)c1)C(=O)O. The van der Waals surface area contributed by atoms with E-state index in [1.54, 1.807) is 129 Å². The summed E-state index contributed by atoms with van der Waals surface area (Å²) in [6.07, 6.45) is 17.8. The van der Waals surface area contributed by atoms with E-state index in [0.29, 0.717) is 145 Å². The predicted octanol–water partition coefficient (Wildman–Crippen LogP) is -3.61. The molecule has 8 aromatic heterocycles. The third-order valence-corrected chi connectivity index (χ3v) is 22.7. The second-order valence-corrected chi connectivity index (χ2v) is 33.5. The summed E-state index contributed by atoms with van der Waals surface area (Å²) in [4.78, 5) is 268. The zero-order valence-corrected chi connectivity index (χ0v) is 79.4. The number of amides is 14. The van der Waals surface area contributed by atoms with Crippen LogP contribution in [-0.4, -0.2) is 327 Å². The second-order valence-electron chi connectivity index (χ2n) is 33.5. The van der Waals surface area contributed by atoms with E-state index in [4.69, 9.17) is 5.73 Å². The van der Waals surface area contributed by atoms with Gasteiger partial charge >= 0.3 is 23.9 Å². The van der Waals surface area contributed by atoms with Crippen LogP contribution in [0.4, 0.5) is 23.8 Å². The fourth-order valence-corrected chi connectivity index (χ4v) is 15.0. The number of hydrogen-bond acceptors (Lipinski definition) is 31. The monoisotopic (exact) mass is 2050 g/mol. The molecule has 7 atom stereocenters. The van der Waals surface area contributed by atoms with Gasteiger partial charge in [-0.3, -0.25) is 85.9 Å². The van der Waals surface area contributed by atoms with Crippen LogP contribution < -0.4 is 101 Å². The average Bonchev–Trinajstić information content (AvgIpc) is 1.68. The Morgan fingerprint density at radius 2 is 0.554 bits per heavy atom. The maximum atomic E-state index is 14.1. The summed E-state index contributed by atoms with van der Waals surface area (Å²) in [7, 11) is 0. The van der Waals surface area contributed by atoms with E-state index < -0.39 is 240 Å². The fraction of sp³-hybridized carbons (Fsp3) is 0.363. The van der Waals surface area contributed by atoms with Gasteiger partial charge in [-0.25, -0.2) is 39.1 Å². The van der Waals surface area contributed by atoms with Crippen molar-refractivity contribution in [3.63, 3.8) is 0 Å². The third kappa shape index (κ3) is 32.9. The number of aryl methyl sites for hydroxylation is 4. The van der Waals surface area contributed by atoms with E-state index in [1.807, 2.05) is 0 Å². The zero-order chi connectivity index (χ0) is 106. The topological polar surface area (TPSA) is 817 Å². The smallest absolute Gasteiger partial charge is 0.328 e. The van der Waals surface area contributed by atoms with Crippen LogP contribution in [0.2, 0.25) is 0 Å². The highest BCUT2D eigenvalue weighted by Crippen LogP contribution is 2.22. The van der Waals surface area contributed by atoms with Crippen molar-refractivity contribution >= 4 is 174 Å². The lowest BCUT2D eigenvalue weighted by Gasteiger charge is -2.22. The number of carboxylic acid groups (broad SMARTS) is 4. The molecule has 148 heavy (non-hydrogen) atoms. The number of carbonyl (C=O) groups excluding carboxylic acids is 14. The molecule has 0 spiro atoms. The first-order valence-electron chi connectivity index (χ1n) is 46.7. The third-order valence-electron chi connectivity index (χ3n) is 22.7. The Morgan fingerprint density at radius 1 is 0.297 bits per heavy atom. The van der Waals surface area contributed by atoms with Gasteiger partial charge in [-0.15, -0.1) is 0 Å². The molecule has 0 aliphatic heterocycles. The standard InChI is InChI=1S/C91H111N35O22/c92-59(81(138)122-61(83(140)112-50-76(133)121-65(87(147)148)46-110-80(137)54-8-15-69-58(38-54)42-116-126(69)34-4-22-96-91-103-29-30-104-91)11-18-71(128)106-48-74(131)119-63(85(143)144)44-108-78(135)52-6-13-67-56(36-52)40-114-124(67)32-2-20-94-89-99-25-26-100-89)9-16-72(129)117-60(82(139)111-49-75(132)120-64(86(145)146)45-109-79(136)53-7-14-68-57(37-53)41-115-125(68)33-3-21-95-90-101-27-28-102-90)10-17-70(127)105-47-73(130)118-62(84(141)142)43-107-77(134)51-5-12-66-55(35-51)39-113-123(66)31-1-19-93-88-97-23-24-98-88/h5-8,12-15,23-30,35-42,59-65H,1-4,9-11,16-22,31-34,43-50,92H2,(H,105,127)(H,106,128)(H,107,134)(H,108,135)(H,109,136)(H,110,137)(H,111,139)(H,112,140)(H,117,129)(H,118,130)(H,119,131)(H,120,132)(H,121,133)(H,122,138)(H,141,142)(H,143,144)(H,145,146)(H,147,148)(H2,93,97,98)(H2,94,99,100)(H2,95,101,102)(H2,96,103,104)/t59?,60?,61?,62-,63-,64-,65-/m0/s1. The van der Waals surface area contributed by atoms with Crippen molar-refractivity contribution in [2.24, 2.45) is 5.73 Å². The molecule has 0 fully saturated rings. The molecular weight excluding hydrogens is 1940 g/mol. The maximum absolute atomic E-state index is 14.1. The number of rotatable bonds is 62. The molecule has 12 rings (SSSR count). The van der Waals surface area contributed by atoms with Crippen LogP contribution >= 0.6 is 0 Å². The number of hydrogen-bond donors (Lipinski definition) is 27. The Hall–Kier alpha value is -18.8. The van der Waals surface area contributed by atoms with E-state index in [-0.39, 0.29) is 22.3 Å². The van der Waals surface area contributed by atoms with Gasteiger partial charge in [0.15, 0.2) is 23.8 Å². The minimum absolute atomic E-state index is 0.106. The molecule has 782 valence electrons. The van der Waals surface area contributed by atoms with Crippen molar-refractivity contribution < 1.29 is 107 Å². The Balaban J connectivity index is 0.654. The summed E-state index contributed by atoms with van der Waals surface area (Å²) >= 11 is 0. The number of anilines is 4. The van der Waals surface area contributed by atoms with Crippen molar-refractivity contribution in [3.8, 4) is 0 Å². The van der Waals surface area contributed by atoms with Gasteiger partial charge < -0.3 is 142 Å². The van der Waals surface area contributed by atoms with Gasteiger partial charge in [0.2, 0.25) is 59.1 Å². The first-order chi connectivity index (χ1) is 71.3. The Labute approximate surface area is 838 Å². The lowest BCUT2D eigenvalue weighted by molar-refractivity contribution is -0.142. The number of aliphatic carboxylic acids is 4. The van der Waals surface area contributed by atoms with Gasteiger partial charge in [0.05, 0.1) is 79.1 Å². The largest absolute Gasteiger partial charge is 0.480 e. The number of benzene rings is 4. The zero-order valence-electron chi connectivity index (χ0n) is 79.4. The van der Waals surface area contributed by atoms with Crippen LogP contribution in [0.1, 0.15) is 106 Å². The number of nitrogens with one attached hydrogen (secondary N) is 22.